The molecule has 0 saturated carbocycles. The van der Waals surface area contributed by atoms with Gasteiger partial charge in [-0.15, -0.1) is 0 Å². The monoisotopic (exact) mass is 472 g/mol. The van der Waals surface area contributed by atoms with Crippen LogP contribution in [0.3, 0.4) is 0 Å². The maximum absolute atomic E-state index is 13.7. The number of anilines is 2. The third-order valence-electron chi connectivity index (χ3n) is 5.18. The number of aromatic nitrogens is 2. The van der Waals surface area contributed by atoms with E-state index in [0.717, 1.165) is 12.1 Å². The highest BCUT2D eigenvalue weighted by molar-refractivity contribution is 7.92. The number of rotatable bonds is 2. The Bertz CT molecular complexity index is 1370. The van der Waals surface area contributed by atoms with Crippen LogP contribution in [0.25, 0.3) is 11.3 Å². The summed E-state index contributed by atoms with van der Waals surface area (Å²) >= 11 is 0. The van der Waals surface area contributed by atoms with E-state index < -0.39 is 27.7 Å². The first kappa shape index (κ1) is 22.4. The number of nitrogens with zero attached hydrogens (tertiary/aromatic N) is 2. The molecule has 0 saturated heterocycles. The molecule has 4 aromatic rings. The van der Waals surface area contributed by atoms with Gasteiger partial charge in [0.1, 0.15) is 17.5 Å². The van der Waals surface area contributed by atoms with E-state index in [1.807, 2.05) is 0 Å². The minimum absolute atomic E-state index is 0.0389. The van der Waals surface area contributed by atoms with E-state index in [-0.39, 0.29) is 10.7 Å². The molecule has 1 aromatic heterocycles. The fraction of sp³-hybridized carbons (Fsp3) is 0.0870. The molecule has 0 fully saturated rings. The van der Waals surface area contributed by atoms with Crippen LogP contribution in [0.1, 0.15) is 18.5 Å². The molecule has 0 spiro atoms. The summed E-state index contributed by atoms with van der Waals surface area (Å²) in [6, 6.07) is 13.7. The molecule has 6 nitrogen and oxygen atoms in total. The number of hydrogen-bond donors (Lipinski definition) is 2. The summed E-state index contributed by atoms with van der Waals surface area (Å²) in [5.74, 6) is -1.25. The summed E-state index contributed by atoms with van der Waals surface area (Å²) in [5, 5.41) is 6.77. The highest BCUT2D eigenvalue weighted by Crippen LogP contribution is 2.46. The Labute approximate surface area is 188 Å². The largest absolute Gasteiger partial charge is 0.399 e. The second kappa shape index (κ2) is 8.62. The third-order valence-corrected chi connectivity index (χ3v) is 7.08. The van der Waals surface area contributed by atoms with Crippen molar-refractivity contribution in [2.75, 3.05) is 10.0 Å². The number of nitrogens with two attached hydrogens (primary N) is 1. The standard InChI is InChI=1S/C17H13F2N3O2S.C6H6FN/c1-10-15-9-20-21-17(15)14-8-12(19)4-7-16(14)22(10)25(23,24)13-5-2-11(18)3-6-13;7-5-1-3-6(8)4-2-5/h2-10H,1H3,(H,20,21);1-4H,8H2. The molecule has 0 amide bonds. The van der Waals surface area contributed by atoms with Gasteiger partial charge in [-0.25, -0.2) is 21.6 Å². The Kier molecular flexibility index (Phi) is 5.86. The van der Waals surface area contributed by atoms with Crippen molar-refractivity contribution in [1.82, 2.24) is 10.2 Å². The Morgan fingerprint density at radius 2 is 1.48 bits per heavy atom. The molecule has 170 valence electrons. The fourth-order valence-corrected chi connectivity index (χ4v) is 5.24. The van der Waals surface area contributed by atoms with Crippen molar-refractivity contribution in [2.45, 2.75) is 17.9 Å². The lowest BCUT2D eigenvalue weighted by Crippen LogP contribution is -2.36. The number of nitrogen functional groups attached to an aromatic ring is 1. The first-order chi connectivity index (χ1) is 15.7. The maximum Gasteiger partial charge on any atom is 0.264 e. The van der Waals surface area contributed by atoms with E-state index in [0.29, 0.717) is 28.2 Å². The van der Waals surface area contributed by atoms with Gasteiger partial charge in [-0.2, -0.15) is 5.10 Å². The first-order valence-electron chi connectivity index (χ1n) is 9.82. The van der Waals surface area contributed by atoms with E-state index in [2.05, 4.69) is 10.2 Å². The quantitative estimate of drug-likeness (QED) is 0.400. The average Bonchev–Trinajstić information content (AvgIpc) is 3.28. The van der Waals surface area contributed by atoms with Crippen LogP contribution in [-0.2, 0) is 10.0 Å². The van der Waals surface area contributed by atoms with Gasteiger partial charge in [0.25, 0.3) is 10.0 Å². The lowest BCUT2D eigenvalue weighted by molar-refractivity contribution is 0.580. The Morgan fingerprint density at radius 3 is 2.09 bits per heavy atom. The topological polar surface area (TPSA) is 92.1 Å². The minimum atomic E-state index is -3.97. The van der Waals surface area contributed by atoms with Crippen LogP contribution in [0.15, 0.2) is 77.8 Å². The highest BCUT2D eigenvalue weighted by atomic mass is 32.2. The molecule has 0 aliphatic carbocycles. The highest BCUT2D eigenvalue weighted by Gasteiger charge is 2.38. The van der Waals surface area contributed by atoms with Crippen LogP contribution in [-0.4, -0.2) is 18.6 Å². The normalized spacial score (nSPS) is 14.7. The van der Waals surface area contributed by atoms with E-state index in [4.69, 9.17) is 5.73 Å². The van der Waals surface area contributed by atoms with Crippen LogP contribution in [0.2, 0.25) is 0 Å². The van der Waals surface area contributed by atoms with Gasteiger partial charge in [0.05, 0.1) is 28.5 Å². The predicted molar refractivity (Wildman–Crippen MR) is 119 cm³/mol. The number of halogens is 3. The molecule has 33 heavy (non-hydrogen) atoms. The number of hydrogen-bond acceptors (Lipinski definition) is 4. The number of nitrogens with one attached hydrogen (secondary N) is 1. The number of fused-ring (bicyclic) bond motifs is 3. The first-order valence-corrected chi connectivity index (χ1v) is 11.3. The number of aromatic amines is 1. The predicted octanol–water partition coefficient (Wildman–Crippen LogP) is 5.03. The fourth-order valence-electron chi connectivity index (χ4n) is 3.58. The zero-order chi connectivity index (χ0) is 23.8. The summed E-state index contributed by atoms with van der Waals surface area (Å²) in [5.41, 5.74) is 7.84. The number of benzene rings is 3. The molecule has 10 heteroatoms. The van der Waals surface area contributed by atoms with Crippen molar-refractivity contribution in [3.8, 4) is 11.3 Å². The van der Waals surface area contributed by atoms with Crippen LogP contribution in [0, 0.1) is 17.5 Å². The molecule has 3 aromatic carbocycles. The Hall–Kier alpha value is -3.79. The van der Waals surface area contributed by atoms with Crippen molar-refractivity contribution in [3.63, 3.8) is 0 Å². The van der Waals surface area contributed by atoms with E-state index in [1.165, 1.54) is 65.1 Å². The maximum atomic E-state index is 13.7. The smallest absolute Gasteiger partial charge is 0.264 e. The third kappa shape index (κ3) is 4.29. The number of sulfonamides is 1. The van der Waals surface area contributed by atoms with Gasteiger partial charge in [-0.3, -0.25) is 9.40 Å². The molecular formula is C23H19F3N4O2S. The van der Waals surface area contributed by atoms with Crippen LogP contribution >= 0.6 is 0 Å². The van der Waals surface area contributed by atoms with Crippen molar-refractivity contribution in [2.24, 2.45) is 0 Å². The van der Waals surface area contributed by atoms with Crippen LogP contribution in [0.5, 0.6) is 0 Å². The molecule has 5 rings (SSSR count). The van der Waals surface area contributed by atoms with Gasteiger partial charge in [-0.1, -0.05) is 0 Å². The summed E-state index contributed by atoms with van der Waals surface area (Å²) in [7, 11) is -3.97. The molecule has 0 bridgehead atoms. The molecule has 1 aliphatic rings. The minimum Gasteiger partial charge on any atom is -0.399 e. The lowest BCUT2D eigenvalue weighted by atomic mass is 9.97. The van der Waals surface area contributed by atoms with Gasteiger partial charge >= 0.3 is 0 Å². The summed E-state index contributed by atoms with van der Waals surface area (Å²) in [6.45, 7) is 1.72. The van der Waals surface area contributed by atoms with Gasteiger partial charge in [-0.05, 0) is 73.7 Å². The molecule has 1 aliphatic heterocycles. The molecule has 1 unspecified atom stereocenters. The molecule has 0 radical (unpaired) electrons. The van der Waals surface area contributed by atoms with Crippen molar-refractivity contribution in [3.05, 3.63) is 95.9 Å². The average molecular weight is 472 g/mol. The van der Waals surface area contributed by atoms with E-state index in [1.54, 1.807) is 6.92 Å². The zero-order valence-electron chi connectivity index (χ0n) is 17.3. The second-order valence-electron chi connectivity index (χ2n) is 7.34. The summed E-state index contributed by atoms with van der Waals surface area (Å²) < 4.78 is 66.5. The Balaban J connectivity index is 0.000000275. The molecule has 3 N–H and O–H groups in total. The molecule has 2 heterocycles. The van der Waals surface area contributed by atoms with E-state index in [9.17, 15) is 21.6 Å². The van der Waals surface area contributed by atoms with Gasteiger partial charge < -0.3 is 5.73 Å². The molecule has 1 atom stereocenters. The Morgan fingerprint density at radius 1 is 0.909 bits per heavy atom. The van der Waals surface area contributed by atoms with Gasteiger partial charge in [0.15, 0.2) is 0 Å². The lowest BCUT2D eigenvalue weighted by Gasteiger charge is -2.35. The van der Waals surface area contributed by atoms with Crippen molar-refractivity contribution < 1.29 is 21.6 Å². The van der Waals surface area contributed by atoms with Crippen LogP contribution in [0.4, 0.5) is 24.5 Å². The number of H-pyrrole nitrogens is 1. The zero-order valence-corrected chi connectivity index (χ0v) is 18.2. The second-order valence-corrected chi connectivity index (χ2v) is 9.16. The van der Waals surface area contributed by atoms with Gasteiger partial charge in [0.2, 0.25) is 0 Å². The van der Waals surface area contributed by atoms with Crippen molar-refractivity contribution in [1.29, 1.82) is 0 Å². The van der Waals surface area contributed by atoms with Gasteiger partial charge in [0, 0.05) is 16.8 Å². The summed E-state index contributed by atoms with van der Waals surface area (Å²) in [6.07, 6.45) is 1.53. The summed E-state index contributed by atoms with van der Waals surface area (Å²) in [4.78, 5) is -0.0389. The van der Waals surface area contributed by atoms with Crippen molar-refractivity contribution >= 4 is 21.4 Å². The van der Waals surface area contributed by atoms with E-state index >= 15 is 0 Å². The van der Waals surface area contributed by atoms with Crippen LogP contribution < -0.4 is 10.0 Å². The molecular weight excluding hydrogens is 453 g/mol. The SMILES string of the molecule is CC1c2cn[nH]c2-c2cc(F)ccc2N1S(=O)(=O)c1ccc(F)cc1.Nc1ccc(F)cc1.